The fourth-order valence-corrected chi connectivity index (χ4v) is 3.93. The summed E-state index contributed by atoms with van der Waals surface area (Å²) >= 11 is 0. The molecule has 1 fully saturated rings. The zero-order valence-electron chi connectivity index (χ0n) is 17.6. The van der Waals surface area contributed by atoms with Gasteiger partial charge in [-0.3, -0.25) is 9.59 Å². The lowest BCUT2D eigenvalue weighted by Gasteiger charge is -2.34. The Hall–Kier alpha value is -3.02. The maximum Gasteiger partial charge on any atom is 0.242 e. The Kier molecular flexibility index (Phi) is 7.71. The Balaban J connectivity index is 1.56. The van der Waals surface area contributed by atoms with Crippen molar-refractivity contribution in [3.8, 4) is 5.75 Å². The number of amides is 2. The van der Waals surface area contributed by atoms with E-state index < -0.39 is 0 Å². The SMILES string of the molecule is COc1ccc(N(CCC(N)=O)CC(=O)N2CCC(Cc3ccccc3)CC2)cc1. The van der Waals surface area contributed by atoms with Crippen LogP contribution in [0.4, 0.5) is 5.69 Å². The summed E-state index contributed by atoms with van der Waals surface area (Å²) in [4.78, 5) is 28.1. The molecule has 1 aliphatic rings. The topological polar surface area (TPSA) is 75.9 Å². The van der Waals surface area contributed by atoms with E-state index >= 15 is 0 Å². The van der Waals surface area contributed by atoms with Crippen molar-refractivity contribution < 1.29 is 14.3 Å². The van der Waals surface area contributed by atoms with Gasteiger partial charge in [-0.1, -0.05) is 30.3 Å². The van der Waals surface area contributed by atoms with Gasteiger partial charge in [0.05, 0.1) is 13.7 Å². The lowest BCUT2D eigenvalue weighted by Crippen LogP contribution is -2.45. The molecule has 1 heterocycles. The Morgan fingerprint density at radius 1 is 1.07 bits per heavy atom. The molecule has 1 aliphatic heterocycles. The van der Waals surface area contributed by atoms with Crippen molar-refractivity contribution in [3.05, 3.63) is 60.2 Å². The first-order valence-corrected chi connectivity index (χ1v) is 10.5. The molecule has 0 unspecified atom stereocenters. The van der Waals surface area contributed by atoms with Crippen molar-refractivity contribution in [1.82, 2.24) is 4.90 Å². The highest BCUT2D eigenvalue weighted by atomic mass is 16.5. The largest absolute Gasteiger partial charge is 0.497 e. The molecule has 0 spiro atoms. The summed E-state index contributed by atoms with van der Waals surface area (Å²) in [5.74, 6) is 1.08. The highest BCUT2D eigenvalue weighted by Crippen LogP contribution is 2.23. The average Bonchev–Trinajstić information content (AvgIpc) is 2.77. The van der Waals surface area contributed by atoms with Gasteiger partial charge in [-0.2, -0.15) is 0 Å². The van der Waals surface area contributed by atoms with E-state index in [4.69, 9.17) is 10.5 Å². The standard InChI is InChI=1S/C24H31N3O3/c1-30-22-9-7-21(8-10-22)27(16-13-23(25)28)18-24(29)26-14-11-20(12-15-26)17-19-5-3-2-4-6-19/h2-10,20H,11-18H2,1H3,(H2,25,28). The molecule has 2 aromatic rings. The predicted molar refractivity (Wildman–Crippen MR) is 118 cm³/mol. The lowest BCUT2D eigenvalue weighted by atomic mass is 9.90. The van der Waals surface area contributed by atoms with E-state index in [1.54, 1.807) is 7.11 Å². The van der Waals surface area contributed by atoms with Crippen molar-refractivity contribution >= 4 is 17.5 Å². The van der Waals surface area contributed by atoms with Gasteiger partial charge in [0.1, 0.15) is 5.75 Å². The summed E-state index contributed by atoms with van der Waals surface area (Å²) < 4.78 is 5.21. The third-order valence-corrected chi connectivity index (χ3v) is 5.73. The second-order valence-electron chi connectivity index (χ2n) is 7.85. The number of likely N-dealkylation sites (tertiary alicyclic amines) is 1. The van der Waals surface area contributed by atoms with Crippen LogP contribution in [0, 0.1) is 5.92 Å². The van der Waals surface area contributed by atoms with Crippen LogP contribution in [0.1, 0.15) is 24.8 Å². The minimum Gasteiger partial charge on any atom is -0.497 e. The summed E-state index contributed by atoms with van der Waals surface area (Å²) in [7, 11) is 1.62. The molecule has 0 atom stereocenters. The van der Waals surface area contributed by atoms with Crippen LogP contribution >= 0.6 is 0 Å². The Labute approximate surface area is 178 Å². The van der Waals surface area contributed by atoms with E-state index in [1.165, 1.54) is 5.56 Å². The van der Waals surface area contributed by atoms with Gasteiger partial charge in [0.2, 0.25) is 11.8 Å². The minimum atomic E-state index is -0.373. The van der Waals surface area contributed by atoms with Gasteiger partial charge in [-0.05, 0) is 55.0 Å². The van der Waals surface area contributed by atoms with Crippen LogP contribution in [-0.2, 0) is 16.0 Å². The molecule has 0 bridgehead atoms. The van der Waals surface area contributed by atoms with Gasteiger partial charge >= 0.3 is 0 Å². The van der Waals surface area contributed by atoms with Crippen LogP contribution in [0.5, 0.6) is 5.75 Å². The molecule has 6 heteroatoms. The van der Waals surface area contributed by atoms with E-state index in [-0.39, 0.29) is 24.8 Å². The van der Waals surface area contributed by atoms with E-state index in [0.717, 1.165) is 43.8 Å². The normalized spacial score (nSPS) is 14.4. The molecule has 3 rings (SSSR count). The fraction of sp³-hybridized carbons (Fsp3) is 0.417. The van der Waals surface area contributed by atoms with Gasteiger partial charge < -0.3 is 20.3 Å². The summed E-state index contributed by atoms with van der Waals surface area (Å²) in [6.07, 6.45) is 3.31. The monoisotopic (exact) mass is 409 g/mol. The molecule has 2 amide bonds. The number of methoxy groups -OCH3 is 1. The van der Waals surface area contributed by atoms with Crippen LogP contribution in [-0.4, -0.2) is 50.0 Å². The number of carbonyl (C=O) groups is 2. The van der Waals surface area contributed by atoms with Crippen molar-refractivity contribution in [2.45, 2.75) is 25.7 Å². The van der Waals surface area contributed by atoms with Crippen molar-refractivity contribution in [2.24, 2.45) is 11.7 Å². The molecular weight excluding hydrogens is 378 g/mol. The van der Waals surface area contributed by atoms with Crippen LogP contribution < -0.4 is 15.4 Å². The average molecular weight is 410 g/mol. The maximum absolute atomic E-state index is 13.0. The minimum absolute atomic E-state index is 0.0912. The molecule has 0 aliphatic carbocycles. The van der Waals surface area contributed by atoms with Crippen molar-refractivity contribution in [2.75, 3.05) is 38.2 Å². The summed E-state index contributed by atoms with van der Waals surface area (Å²) in [5.41, 5.74) is 7.58. The van der Waals surface area contributed by atoms with Crippen molar-refractivity contribution in [1.29, 1.82) is 0 Å². The molecule has 1 saturated heterocycles. The number of nitrogens with zero attached hydrogens (tertiary/aromatic N) is 2. The van der Waals surface area contributed by atoms with Gasteiger partial charge in [0.15, 0.2) is 0 Å². The Morgan fingerprint density at radius 3 is 2.33 bits per heavy atom. The first kappa shape index (κ1) is 21.7. The Bertz CT molecular complexity index is 815. The fourth-order valence-electron chi connectivity index (χ4n) is 3.93. The second kappa shape index (κ2) is 10.7. The van der Waals surface area contributed by atoms with Gasteiger partial charge in [0.25, 0.3) is 0 Å². The number of hydrogen-bond acceptors (Lipinski definition) is 4. The number of anilines is 1. The second-order valence-corrected chi connectivity index (χ2v) is 7.85. The molecule has 0 radical (unpaired) electrons. The highest BCUT2D eigenvalue weighted by Gasteiger charge is 2.24. The number of ether oxygens (including phenoxy) is 1. The highest BCUT2D eigenvalue weighted by molar-refractivity contribution is 5.82. The van der Waals surface area contributed by atoms with Crippen LogP contribution in [0.15, 0.2) is 54.6 Å². The first-order valence-electron chi connectivity index (χ1n) is 10.5. The third-order valence-electron chi connectivity index (χ3n) is 5.73. The van der Waals surface area contributed by atoms with Gasteiger partial charge in [0, 0.05) is 31.7 Å². The summed E-state index contributed by atoms with van der Waals surface area (Å²) in [5, 5.41) is 0. The first-order chi connectivity index (χ1) is 14.5. The van der Waals surface area contributed by atoms with Crippen molar-refractivity contribution in [3.63, 3.8) is 0 Å². The molecule has 0 saturated carbocycles. The third kappa shape index (κ3) is 6.24. The molecule has 2 N–H and O–H groups in total. The summed E-state index contributed by atoms with van der Waals surface area (Å²) in [6.45, 7) is 2.21. The number of carbonyl (C=O) groups excluding carboxylic acids is 2. The van der Waals surface area contributed by atoms with Crippen LogP contribution in [0.2, 0.25) is 0 Å². The lowest BCUT2D eigenvalue weighted by molar-refractivity contribution is -0.131. The van der Waals surface area contributed by atoms with Crippen LogP contribution in [0.3, 0.4) is 0 Å². The molecular formula is C24H31N3O3. The molecule has 6 nitrogen and oxygen atoms in total. The number of nitrogens with two attached hydrogens (primary N) is 1. The number of hydrogen-bond donors (Lipinski definition) is 1. The van der Waals surface area contributed by atoms with Crippen LogP contribution in [0.25, 0.3) is 0 Å². The number of piperidine rings is 1. The van der Waals surface area contributed by atoms with Gasteiger partial charge in [-0.25, -0.2) is 0 Å². The number of rotatable bonds is 9. The molecule has 0 aromatic heterocycles. The zero-order chi connectivity index (χ0) is 21.3. The predicted octanol–water partition coefficient (Wildman–Crippen LogP) is 2.86. The van der Waals surface area contributed by atoms with Gasteiger partial charge in [-0.15, -0.1) is 0 Å². The maximum atomic E-state index is 13.0. The number of benzene rings is 2. The molecule has 2 aromatic carbocycles. The molecule has 30 heavy (non-hydrogen) atoms. The van der Waals surface area contributed by atoms with E-state index in [9.17, 15) is 9.59 Å². The number of primary amides is 1. The zero-order valence-corrected chi connectivity index (χ0v) is 17.6. The quantitative estimate of drug-likeness (QED) is 0.691. The van der Waals surface area contributed by atoms with E-state index in [0.29, 0.717) is 12.5 Å². The summed E-state index contributed by atoms with van der Waals surface area (Å²) in [6, 6.07) is 18.0. The molecule has 160 valence electrons. The van der Waals surface area contributed by atoms with E-state index in [1.807, 2.05) is 40.1 Å². The smallest absolute Gasteiger partial charge is 0.242 e. The Morgan fingerprint density at radius 2 is 1.73 bits per heavy atom. The van der Waals surface area contributed by atoms with E-state index in [2.05, 4.69) is 24.3 Å².